The number of fused-ring (bicyclic) bond motifs is 1. The molecule has 2 aromatic rings. The molecule has 2 aromatic carbocycles. The van der Waals surface area contributed by atoms with Crippen molar-refractivity contribution in [1.82, 2.24) is 5.32 Å². The third kappa shape index (κ3) is 3.10. The van der Waals surface area contributed by atoms with Gasteiger partial charge >= 0.3 is 0 Å². The van der Waals surface area contributed by atoms with Gasteiger partial charge in [-0.2, -0.15) is 0 Å². The van der Waals surface area contributed by atoms with Crippen LogP contribution in [0.15, 0.2) is 64.6 Å². The normalized spacial score (nSPS) is 14.3. The molecule has 0 unspecified atom stereocenters. The maximum Gasteiger partial charge on any atom is 0.162 e. The molecule has 0 spiro atoms. The summed E-state index contributed by atoms with van der Waals surface area (Å²) in [6.07, 6.45) is 0. The monoisotopic (exact) mass is 266 g/mol. The highest BCUT2D eigenvalue weighted by molar-refractivity contribution is 6.22. The SMILES string of the molecule is CNC.NC1=NC(=Nc2ccccc2)c2ccccc21. The number of amidine groups is 2. The Labute approximate surface area is 119 Å². The highest BCUT2D eigenvalue weighted by atomic mass is 15.0. The zero-order chi connectivity index (χ0) is 14.4. The van der Waals surface area contributed by atoms with Gasteiger partial charge in [0, 0.05) is 11.1 Å². The number of benzene rings is 2. The van der Waals surface area contributed by atoms with Crippen LogP contribution in [0.5, 0.6) is 0 Å². The van der Waals surface area contributed by atoms with Crippen molar-refractivity contribution in [2.24, 2.45) is 15.7 Å². The summed E-state index contributed by atoms with van der Waals surface area (Å²) >= 11 is 0. The topological polar surface area (TPSA) is 62.8 Å². The van der Waals surface area contributed by atoms with Crippen LogP contribution in [0.2, 0.25) is 0 Å². The summed E-state index contributed by atoms with van der Waals surface area (Å²) < 4.78 is 0. The van der Waals surface area contributed by atoms with Crippen LogP contribution in [0, 0.1) is 0 Å². The number of hydrogen-bond donors (Lipinski definition) is 2. The molecule has 1 aliphatic rings. The summed E-state index contributed by atoms with van der Waals surface area (Å²) in [5.74, 6) is 1.22. The van der Waals surface area contributed by atoms with E-state index in [0.29, 0.717) is 11.7 Å². The van der Waals surface area contributed by atoms with Gasteiger partial charge in [-0.1, -0.05) is 42.5 Å². The van der Waals surface area contributed by atoms with E-state index in [0.717, 1.165) is 16.8 Å². The number of rotatable bonds is 1. The van der Waals surface area contributed by atoms with Gasteiger partial charge in [-0.3, -0.25) is 0 Å². The van der Waals surface area contributed by atoms with Crippen molar-refractivity contribution >= 4 is 17.4 Å². The molecule has 0 bridgehead atoms. The van der Waals surface area contributed by atoms with Crippen LogP contribution in [0.25, 0.3) is 0 Å². The van der Waals surface area contributed by atoms with E-state index in [1.807, 2.05) is 68.7 Å². The first kappa shape index (κ1) is 14.0. The maximum atomic E-state index is 5.86. The average molecular weight is 266 g/mol. The third-order valence-corrected chi connectivity index (χ3v) is 2.66. The largest absolute Gasteiger partial charge is 0.383 e. The van der Waals surface area contributed by atoms with E-state index in [4.69, 9.17) is 5.73 Å². The Kier molecular flexibility index (Phi) is 4.63. The first-order valence-corrected chi connectivity index (χ1v) is 6.42. The maximum absolute atomic E-state index is 5.86. The van der Waals surface area contributed by atoms with Crippen LogP contribution >= 0.6 is 0 Å². The zero-order valence-corrected chi connectivity index (χ0v) is 11.7. The molecule has 1 heterocycles. The second-order valence-corrected chi connectivity index (χ2v) is 4.31. The lowest BCUT2D eigenvalue weighted by Gasteiger charge is -1.98. The quantitative estimate of drug-likeness (QED) is 0.832. The van der Waals surface area contributed by atoms with Crippen molar-refractivity contribution in [3.05, 3.63) is 65.7 Å². The summed E-state index contributed by atoms with van der Waals surface area (Å²) in [5.41, 5.74) is 8.70. The summed E-state index contributed by atoms with van der Waals surface area (Å²) in [5, 5.41) is 2.75. The van der Waals surface area contributed by atoms with Gasteiger partial charge in [0.2, 0.25) is 0 Å². The molecule has 3 rings (SSSR count). The number of nitrogens with two attached hydrogens (primary N) is 1. The van der Waals surface area contributed by atoms with Crippen molar-refractivity contribution in [2.75, 3.05) is 14.1 Å². The lowest BCUT2D eigenvalue weighted by Crippen LogP contribution is -2.09. The first-order chi connectivity index (χ1) is 9.76. The Morgan fingerprint density at radius 2 is 1.45 bits per heavy atom. The van der Waals surface area contributed by atoms with Crippen molar-refractivity contribution in [1.29, 1.82) is 0 Å². The van der Waals surface area contributed by atoms with Crippen LogP contribution in [0.4, 0.5) is 5.69 Å². The number of hydrogen-bond acceptors (Lipinski definition) is 3. The molecular formula is C16H18N4. The Morgan fingerprint density at radius 3 is 2.10 bits per heavy atom. The average Bonchev–Trinajstić information content (AvgIpc) is 2.78. The van der Waals surface area contributed by atoms with Crippen LogP contribution in [-0.4, -0.2) is 25.8 Å². The van der Waals surface area contributed by atoms with Crippen molar-refractivity contribution in [3.63, 3.8) is 0 Å². The van der Waals surface area contributed by atoms with Crippen LogP contribution in [-0.2, 0) is 0 Å². The van der Waals surface area contributed by atoms with E-state index >= 15 is 0 Å². The first-order valence-electron chi connectivity index (χ1n) is 6.42. The molecule has 102 valence electrons. The molecule has 0 atom stereocenters. The molecule has 0 fully saturated rings. The second-order valence-electron chi connectivity index (χ2n) is 4.31. The predicted molar refractivity (Wildman–Crippen MR) is 84.8 cm³/mol. The highest BCUT2D eigenvalue weighted by Crippen LogP contribution is 2.20. The van der Waals surface area contributed by atoms with Gasteiger partial charge in [0.15, 0.2) is 5.84 Å². The molecule has 0 aliphatic carbocycles. The minimum atomic E-state index is 0.537. The molecule has 0 radical (unpaired) electrons. The van der Waals surface area contributed by atoms with Crippen LogP contribution < -0.4 is 11.1 Å². The van der Waals surface area contributed by atoms with E-state index in [2.05, 4.69) is 15.3 Å². The molecule has 4 heteroatoms. The molecule has 0 saturated carbocycles. The summed E-state index contributed by atoms with van der Waals surface area (Å²) in [4.78, 5) is 8.80. The van der Waals surface area contributed by atoms with Crippen molar-refractivity contribution in [3.8, 4) is 0 Å². The van der Waals surface area contributed by atoms with Gasteiger partial charge in [0.25, 0.3) is 0 Å². The lowest BCUT2D eigenvalue weighted by atomic mass is 10.1. The Bertz CT molecular complexity index is 630. The molecule has 0 saturated heterocycles. The molecule has 20 heavy (non-hydrogen) atoms. The number of para-hydroxylation sites is 1. The number of aliphatic imine (C=N–C) groups is 2. The minimum Gasteiger partial charge on any atom is -0.383 e. The fourth-order valence-electron chi connectivity index (χ4n) is 1.85. The number of nitrogens with zero attached hydrogens (tertiary/aromatic N) is 2. The Balaban J connectivity index is 0.000000452. The summed E-state index contributed by atoms with van der Waals surface area (Å²) in [7, 11) is 3.75. The Morgan fingerprint density at radius 1 is 0.900 bits per heavy atom. The predicted octanol–water partition coefficient (Wildman–Crippen LogP) is 2.32. The lowest BCUT2D eigenvalue weighted by molar-refractivity contribution is 1.02. The molecule has 3 N–H and O–H groups in total. The molecule has 4 nitrogen and oxygen atoms in total. The minimum absolute atomic E-state index is 0.537. The molecule has 0 aromatic heterocycles. The fourth-order valence-corrected chi connectivity index (χ4v) is 1.85. The van der Waals surface area contributed by atoms with E-state index in [1.54, 1.807) is 0 Å². The smallest absolute Gasteiger partial charge is 0.162 e. The standard InChI is InChI=1S/C14H11N3.C2H7N/c15-13-11-8-4-5-9-12(11)14(17-13)16-10-6-2-1-3-7-10;1-3-2/h1-9H,(H2,15,16,17);3H,1-2H3. The zero-order valence-electron chi connectivity index (χ0n) is 11.7. The fraction of sp³-hybridized carbons (Fsp3) is 0.125. The van der Waals surface area contributed by atoms with Gasteiger partial charge in [0.1, 0.15) is 5.84 Å². The van der Waals surface area contributed by atoms with Crippen molar-refractivity contribution < 1.29 is 0 Å². The Hall–Kier alpha value is -2.46. The van der Waals surface area contributed by atoms with Crippen LogP contribution in [0.1, 0.15) is 11.1 Å². The van der Waals surface area contributed by atoms with Crippen molar-refractivity contribution in [2.45, 2.75) is 0 Å². The summed E-state index contributed by atoms with van der Waals surface area (Å²) in [6.45, 7) is 0. The second kappa shape index (κ2) is 6.63. The molecule has 1 aliphatic heterocycles. The van der Waals surface area contributed by atoms with Gasteiger partial charge in [-0.25, -0.2) is 9.98 Å². The van der Waals surface area contributed by atoms with E-state index < -0.39 is 0 Å². The third-order valence-electron chi connectivity index (χ3n) is 2.66. The van der Waals surface area contributed by atoms with Gasteiger partial charge in [0.05, 0.1) is 5.69 Å². The highest BCUT2D eigenvalue weighted by Gasteiger charge is 2.18. The van der Waals surface area contributed by atoms with E-state index in [9.17, 15) is 0 Å². The number of nitrogens with one attached hydrogen (secondary N) is 1. The van der Waals surface area contributed by atoms with Crippen LogP contribution in [0.3, 0.4) is 0 Å². The van der Waals surface area contributed by atoms with Gasteiger partial charge < -0.3 is 11.1 Å². The van der Waals surface area contributed by atoms with E-state index in [-0.39, 0.29) is 0 Å². The summed E-state index contributed by atoms with van der Waals surface area (Å²) in [6, 6.07) is 17.6. The van der Waals surface area contributed by atoms with E-state index in [1.165, 1.54) is 0 Å². The van der Waals surface area contributed by atoms with Gasteiger partial charge in [-0.05, 0) is 26.2 Å². The molecule has 0 amide bonds. The molecular weight excluding hydrogens is 248 g/mol. The van der Waals surface area contributed by atoms with Gasteiger partial charge in [-0.15, -0.1) is 0 Å².